The lowest BCUT2D eigenvalue weighted by molar-refractivity contribution is 0.0696. The Hall–Kier alpha value is -2.29. The molecule has 2 aromatic rings. The molecule has 1 aliphatic heterocycles. The number of likely N-dealkylation sites (tertiary alicyclic amines) is 1. The Balaban J connectivity index is 1.64. The molecule has 0 spiro atoms. The highest BCUT2D eigenvalue weighted by molar-refractivity contribution is 5.94. The van der Waals surface area contributed by atoms with Gasteiger partial charge in [0.05, 0.1) is 0 Å². The number of rotatable bonds is 4. The first-order valence-electron chi connectivity index (χ1n) is 8.28. The van der Waals surface area contributed by atoms with Gasteiger partial charge in [0.25, 0.3) is 5.91 Å². The molecule has 0 aliphatic carbocycles. The molecule has 0 saturated carbocycles. The summed E-state index contributed by atoms with van der Waals surface area (Å²) in [5.41, 5.74) is 1.83. The SMILES string of the molecule is CC1CCN(C(=O)c2cccc(OCc3ccccc3)c2)CC1. The van der Waals surface area contributed by atoms with E-state index >= 15 is 0 Å². The monoisotopic (exact) mass is 309 g/mol. The van der Waals surface area contributed by atoms with Crippen molar-refractivity contribution in [3.8, 4) is 5.75 Å². The lowest BCUT2D eigenvalue weighted by Gasteiger charge is -2.30. The lowest BCUT2D eigenvalue weighted by atomic mass is 9.98. The van der Waals surface area contributed by atoms with Crippen molar-refractivity contribution in [2.24, 2.45) is 5.92 Å². The van der Waals surface area contributed by atoms with E-state index in [9.17, 15) is 4.79 Å². The Labute approximate surface area is 137 Å². The molecular formula is C20H23NO2. The summed E-state index contributed by atoms with van der Waals surface area (Å²) in [7, 11) is 0. The van der Waals surface area contributed by atoms with Crippen LogP contribution < -0.4 is 4.74 Å². The number of hydrogen-bond acceptors (Lipinski definition) is 2. The van der Waals surface area contributed by atoms with Gasteiger partial charge < -0.3 is 9.64 Å². The van der Waals surface area contributed by atoms with E-state index in [4.69, 9.17) is 4.74 Å². The molecule has 0 radical (unpaired) electrons. The van der Waals surface area contributed by atoms with Crippen LogP contribution in [0.15, 0.2) is 54.6 Å². The molecule has 0 bridgehead atoms. The molecule has 0 aromatic heterocycles. The topological polar surface area (TPSA) is 29.5 Å². The number of carbonyl (C=O) groups is 1. The van der Waals surface area contributed by atoms with Gasteiger partial charge in [-0.25, -0.2) is 0 Å². The maximum absolute atomic E-state index is 12.6. The molecule has 3 rings (SSSR count). The highest BCUT2D eigenvalue weighted by Crippen LogP contribution is 2.21. The first-order chi connectivity index (χ1) is 11.2. The maximum atomic E-state index is 12.6. The minimum Gasteiger partial charge on any atom is -0.489 e. The van der Waals surface area contributed by atoms with Crippen LogP contribution in [0.25, 0.3) is 0 Å². The zero-order valence-corrected chi connectivity index (χ0v) is 13.6. The fraction of sp³-hybridized carbons (Fsp3) is 0.350. The third kappa shape index (κ3) is 4.13. The van der Waals surface area contributed by atoms with E-state index < -0.39 is 0 Å². The van der Waals surface area contributed by atoms with Gasteiger partial charge in [-0.1, -0.05) is 43.3 Å². The van der Waals surface area contributed by atoms with Gasteiger partial charge in [-0.3, -0.25) is 4.79 Å². The van der Waals surface area contributed by atoms with Gasteiger partial charge in [0, 0.05) is 18.7 Å². The van der Waals surface area contributed by atoms with Gasteiger partial charge in [-0.15, -0.1) is 0 Å². The third-order valence-corrected chi connectivity index (χ3v) is 4.40. The average Bonchev–Trinajstić information content (AvgIpc) is 2.61. The van der Waals surface area contributed by atoms with Crippen LogP contribution in [0.2, 0.25) is 0 Å². The summed E-state index contributed by atoms with van der Waals surface area (Å²) in [6.07, 6.45) is 2.19. The molecule has 2 aromatic carbocycles. The lowest BCUT2D eigenvalue weighted by Crippen LogP contribution is -2.37. The highest BCUT2D eigenvalue weighted by atomic mass is 16.5. The third-order valence-electron chi connectivity index (χ3n) is 4.40. The van der Waals surface area contributed by atoms with Crippen molar-refractivity contribution in [3.63, 3.8) is 0 Å². The number of amides is 1. The molecule has 3 nitrogen and oxygen atoms in total. The normalized spacial score (nSPS) is 15.4. The van der Waals surface area contributed by atoms with Crippen molar-refractivity contribution in [3.05, 3.63) is 65.7 Å². The standard InChI is InChI=1S/C20H23NO2/c1-16-10-12-21(13-11-16)20(22)18-8-5-9-19(14-18)23-15-17-6-3-2-4-7-17/h2-9,14,16H,10-13,15H2,1H3. The first-order valence-corrected chi connectivity index (χ1v) is 8.28. The summed E-state index contributed by atoms with van der Waals surface area (Å²) in [6.45, 7) is 4.48. The van der Waals surface area contributed by atoms with Crippen LogP contribution in [-0.4, -0.2) is 23.9 Å². The summed E-state index contributed by atoms with van der Waals surface area (Å²) in [5.74, 6) is 1.58. The van der Waals surface area contributed by atoms with Crippen LogP contribution >= 0.6 is 0 Å². The van der Waals surface area contributed by atoms with Crippen molar-refractivity contribution in [1.29, 1.82) is 0 Å². The molecule has 23 heavy (non-hydrogen) atoms. The summed E-state index contributed by atoms with van der Waals surface area (Å²) in [4.78, 5) is 14.6. The second-order valence-electron chi connectivity index (χ2n) is 6.28. The predicted molar refractivity (Wildman–Crippen MR) is 91.5 cm³/mol. The van der Waals surface area contributed by atoms with E-state index in [1.165, 1.54) is 0 Å². The molecule has 120 valence electrons. The first kappa shape index (κ1) is 15.6. The van der Waals surface area contributed by atoms with E-state index in [0.717, 1.165) is 43.2 Å². The highest BCUT2D eigenvalue weighted by Gasteiger charge is 2.21. The van der Waals surface area contributed by atoms with Crippen molar-refractivity contribution >= 4 is 5.91 Å². The van der Waals surface area contributed by atoms with Gasteiger partial charge >= 0.3 is 0 Å². The number of ether oxygens (including phenoxy) is 1. The Bertz CT molecular complexity index is 646. The fourth-order valence-corrected chi connectivity index (χ4v) is 2.85. The molecular weight excluding hydrogens is 286 g/mol. The van der Waals surface area contributed by atoms with Crippen LogP contribution in [0, 0.1) is 5.92 Å². The predicted octanol–water partition coefficient (Wildman–Crippen LogP) is 4.14. The zero-order valence-electron chi connectivity index (χ0n) is 13.6. The van der Waals surface area contributed by atoms with E-state index in [-0.39, 0.29) is 5.91 Å². The summed E-state index contributed by atoms with van der Waals surface area (Å²) in [5, 5.41) is 0. The van der Waals surface area contributed by atoms with E-state index in [1.54, 1.807) is 0 Å². The molecule has 1 aliphatic rings. The van der Waals surface area contributed by atoms with E-state index in [2.05, 4.69) is 6.92 Å². The summed E-state index contributed by atoms with van der Waals surface area (Å²) < 4.78 is 5.82. The summed E-state index contributed by atoms with van der Waals surface area (Å²) >= 11 is 0. The van der Waals surface area contributed by atoms with Crippen molar-refractivity contribution in [2.45, 2.75) is 26.4 Å². The van der Waals surface area contributed by atoms with Crippen LogP contribution in [0.4, 0.5) is 0 Å². The number of hydrogen-bond donors (Lipinski definition) is 0. The summed E-state index contributed by atoms with van der Waals surface area (Å²) in [6, 6.07) is 17.6. The van der Waals surface area contributed by atoms with Crippen molar-refractivity contribution in [2.75, 3.05) is 13.1 Å². The van der Waals surface area contributed by atoms with Crippen LogP contribution in [0.3, 0.4) is 0 Å². The van der Waals surface area contributed by atoms with Gasteiger partial charge in [0.2, 0.25) is 0 Å². The Morgan fingerprint density at radius 2 is 1.83 bits per heavy atom. The van der Waals surface area contributed by atoms with Crippen LogP contribution in [-0.2, 0) is 6.61 Å². The minimum absolute atomic E-state index is 0.113. The zero-order chi connectivity index (χ0) is 16.1. The van der Waals surface area contributed by atoms with Crippen LogP contribution in [0.1, 0.15) is 35.7 Å². The molecule has 0 N–H and O–H groups in total. The van der Waals surface area contributed by atoms with Crippen LogP contribution in [0.5, 0.6) is 5.75 Å². The van der Waals surface area contributed by atoms with Gasteiger partial charge in [-0.2, -0.15) is 0 Å². The second kappa shape index (κ2) is 7.32. The molecule has 1 fully saturated rings. The molecule has 1 amide bonds. The van der Waals surface area contributed by atoms with Crippen molar-refractivity contribution < 1.29 is 9.53 Å². The van der Waals surface area contributed by atoms with Gasteiger partial charge in [-0.05, 0) is 42.5 Å². The Morgan fingerprint density at radius 3 is 2.57 bits per heavy atom. The largest absolute Gasteiger partial charge is 0.489 e. The average molecular weight is 309 g/mol. The molecule has 0 unspecified atom stereocenters. The smallest absolute Gasteiger partial charge is 0.253 e. The Morgan fingerprint density at radius 1 is 1.09 bits per heavy atom. The number of nitrogens with zero attached hydrogens (tertiary/aromatic N) is 1. The molecule has 0 atom stereocenters. The molecule has 3 heteroatoms. The molecule has 1 saturated heterocycles. The van der Waals surface area contributed by atoms with E-state index in [0.29, 0.717) is 12.2 Å². The minimum atomic E-state index is 0.113. The number of piperidine rings is 1. The van der Waals surface area contributed by atoms with Crippen molar-refractivity contribution in [1.82, 2.24) is 4.90 Å². The molecule has 1 heterocycles. The fourth-order valence-electron chi connectivity index (χ4n) is 2.85. The number of carbonyl (C=O) groups excluding carboxylic acids is 1. The Kier molecular flexibility index (Phi) is 4.96. The van der Waals surface area contributed by atoms with E-state index in [1.807, 2.05) is 59.5 Å². The van der Waals surface area contributed by atoms with Gasteiger partial charge in [0.1, 0.15) is 12.4 Å². The maximum Gasteiger partial charge on any atom is 0.253 e. The number of benzene rings is 2. The van der Waals surface area contributed by atoms with Gasteiger partial charge in [0.15, 0.2) is 0 Å². The second-order valence-corrected chi connectivity index (χ2v) is 6.28. The quantitative estimate of drug-likeness (QED) is 0.849.